The van der Waals surface area contributed by atoms with Gasteiger partial charge >= 0.3 is 0 Å². The van der Waals surface area contributed by atoms with Gasteiger partial charge in [-0.15, -0.1) is 0 Å². The molecule has 0 saturated carbocycles. The highest BCUT2D eigenvalue weighted by Crippen LogP contribution is 1.94. The van der Waals surface area contributed by atoms with E-state index in [2.05, 4.69) is 5.32 Å². The normalized spacial score (nSPS) is 15.5. The molecule has 1 amide bonds. The Kier molecular flexibility index (Phi) is 6.54. The highest BCUT2D eigenvalue weighted by molar-refractivity contribution is 7.92. The maximum absolute atomic E-state index is 11.4. The number of methoxy groups -OCH3 is 1. The summed E-state index contributed by atoms with van der Waals surface area (Å²) >= 11 is 0. The fourth-order valence-electron chi connectivity index (χ4n) is 1.27. The third kappa shape index (κ3) is 7.61. The number of ether oxygens (including phenoxy) is 1. The average Bonchev–Trinajstić information content (AvgIpc) is 1.98. The van der Waals surface area contributed by atoms with Gasteiger partial charge in [0.15, 0.2) is 9.84 Å². The molecule has 0 heterocycles. The van der Waals surface area contributed by atoms with Crippen LogP contribution in [-0.4, -0.2) is 51.6 Å². The van der Waals surface area contributed by atoms with Gasteiger partial charge < -0.3 is 15.8 Å². The number of nitrogens with one attached hydrogen (secondary N) is 1. The van der Waals surface area contributed by atoms with Crippen molar-refractivity contribution in [3.05, 3.63) is 0 Å². The van der Waals surface area contributed by atoms with Gasteiger partial charge in [0.2, 0.25) is 5.91 Å². The second-order valence-corrected chi connectivity index (χ2v) is 6.06. The molecule has 0 bridgehead atoms. The van der Waals surface area contributed by atoms with Gasteiger partial charge in [0, 0.05) is 19.2 Å². The Morgan fingerprint density at radius 3 is 2.44 bits per heavy atom. The van der Waals surface area contributed by atoms with Crippen molar-refractivity contribution < 1.29 is 17.9 Å². The molecule has 0 fully saturated rings. The molecule has 0 aliphatic rings. The van der Waals surface area contributed by atoms with Gasteiger partial charge in [0.1, 0.15) is 5.75 Å². The Labute approximate surface area is 96.4 Å². The van der Waals surface area contributed by atoms with Crippen LogP contribution in [0.15, 0.2) is 0 Å². The number of sulfone groups is 1. The Morgan fingerprint density at radius 2 is 2.00 bits per heavy atom. The summed E-state index contributed by atoms with van der Waals surface area (Å²) in [6, 6.07) is -0.669. The van der Waals surface area contributed by atoms with E-state index in [0.29, 0.717) is 6.61 Å². The lowest BCUT2D eigenvalue weighted by molar-refractivity contribution is -0.119. The number of hydrogen-bond donors (Lipinski definition) is 2. The minimum atomic E-state index is -3.42. The summed E-state index contributed by atoms with van der Waals surface area (Å²) in [5.41, 5.74) is 5.37. The number of rotatable bonds is 7. The third-order valence-electron chi connectivity index (χ3n) is 1.69. The van der Waals surface area contributed by atoms with Gasteiger partial charge in [-0.1, -0.05) is 0 Å². The first-order valence-corrected chi connectivity index (χ1v) is 6.83. The van der Waals surface area contributed by atoms with Crippen LogP contribution >= 0.6 is 0 Å². The van der Waals surface area contributed by atoms with Gasteiger partial charge in [-0.3, -0.25) is 4.79 Å². The molecule has 0 aliphatic carbocycles. The van der Waals surface area contributed by atoms with Crippen LogP contribution in [0.25, 0.3) is 0 Å². The van der Waals surface area contributed by atoms with Crippen LogP contribution in [0.2, 0.25) is 0 Å². The molecule has 0 radical (unpaired) electrons. The Balaban J connectivity index is 4.14. The standard InChI is InChI=1S/C9H20N2O4S/c1-7(10)5-16(13,14)6-9(12)11-8(2)4-15-3/h7-8H,4-6,10H2,1-3H3,(H,11,12). The number of nitrogens with two attached hydrogens (primary N) is 1. The minimum absolute atomic E-state index is 0.181. The second kappa shape index (κ2) is 6.82. The molecule has 96 valence electrons. The van der Waals surface area contributed by atoms with Crippen LogP contribution in [0.5, 0.6) is 0 Å². The fraction of sp³-hybridized carbons (Fsp3) is 0.889. The summed E-state index contributed by atoms with van der Waals surface area (Å²) < 4.78 is 27.7. The van der Waals surface area contributed by atoms with Gasteiger partial charge in [0.25, 0.3) is 0 Å². The smallest absolute Gasteiger partial charge is 0.235 e. The molecule has 2 unspecified atom stereocenters. The van der Waals surface area contributed by atoms with E-state index in [1.165, 1.54) is 7.11 Å². The summed E-state index contributed by atoms with van der Waals surface area (Å²) in [5.74, 6) is -1.23. The molecular formula is C9H20N2O4S. The summed E-state index contributed by atoms with van der Waals surface area (Å²) in [5, 5.41) is 2.53. The lowest BCUT2D eigenvalue weighted by Crippen LogP contribution is -2.40. The minimum Gasteiger partial charge on any atom is -0.383 e. The van der Waals surface area contributed by atoms with Gasteiger partial charge in [-0.25, -0.2) is 8.42 Å². The molecule has 0 saturated heterocycles. The molecule has 0 aromatic heterocycles. The lowest BCUT2D eigenvalue weighted by Gasteiger charge is -2.13. The van der Waals surface area contributed by atoms with Crippen molar-refractivity contribution in [1.29, 1.82) is 0 Å². The van der Waals surface area contributed by atoms with Crippen LogP contribution in [-0.2, 0) is 19.4 Å². The molecule has 0 rings (SSSR count). The molecule has 0 spiro atoms. The molecule has 0 aliphatic heterocycles. The molecule has 6 nitrogen and oxygen atoms in total. The van der Waals surface area contributed by atoms with E-state index in [9.17, 15) is 13.2 Å². The number of amides is 1. The van der Waals surface area contributed by atoms with Gasteiger partial charge in [-0.05, 0) is 13.8 Å². The Hall–Kier alpha value is -0.660. The molecule has 16 heavy (non-hydrogen) atoms. The van der Waals surface area contributed by atoms with Crippen molar-refractivity contribution in [2.45, 2.75) is 25.9 Å². The summed E-state index contributed by atoms with van der Waals surface area (Å²) in [7, 11) is -1.91. The van der Waals surface area contributed by atoms with Gasteiger partial charge in [0.05, 0.1) is 12.4 Å². The first kappa shape index (κ1) is 15.3. The first-order valence-electron chi connectivity index (χ1n) is 5.01. The van der Waals surface area contributed by atoms with E-state index in [1.807, 2.05) is 0 Å². The number of carbonyl (C=O) groups excluding carboxylic acids is 1. The van der Waals surface area contributed by atoms with E-state index < -0.39 is 27.5 Å². The summed E-state index contributed by atoms with van der Waals surface area (Å²) in [4.78, 5) is 11.3. The quantitative estimate of drug-likeness (QED) is 0.599. The molecule has 0 aromatic carbocycles. The zero-order valence-electron chi connectivity index (χ0n) is 9.89. The van der Waals surface area contributed by atoms with Crippen molar-refractivity contribution >= 4 is 15.7 Å². The van der Waals surface area contributed by atoms with E-state index in [-0.39, 0.29) is 11.8 Å². The van der Waals surface area contributed by atoms with E-state index in [1.54, 1.807) is 13.8 Å². The van der Waals surface area contributed by atoms with Crippen molar-refractivity contribution in [2.24, 2.45) is 5.73 Å². The zero-order chi connectivity index (χ0) is 12.8. The maximum atomic E-state index is 11.4. The zero-order valence-corrected chi connectivity index (χ0v) is 10.7. The predicted molar refractivity (Wildman–Crippen MR) is 61.8 cm³/mol. The second-order valence-electron chi connectivity index (χ2n) is 3.96. The molecule has 3 N–H and O–H groups in total. The van der Waals surface area contributed by atoms with Crippen LogP contribution in [0.4, 0.5) is 0 Å². The Morgan fingerprint density at radius 1 is 1.44 bits per heavy atom. The van der Waals surface area contributed by atoms with Crippen molar-refractivity contribution in [3.63, 3.8) is 0 Å². The number of hydrogen-bond acceptors (Lipinski definition) is 5. The largest absolute Gasteiger partial charge is 0.383 e. The third-order valence-corrected chi connectivity index (χ3v) is 3.43. The van der Waals surface area contributed by atoms with E-state index in [4.69, 9.17) is 10.5 Å². The number of carbonyl (C=O) groups is 1. The van der Waals surface area contributed by atoms with Crippen LogP contribution < -0.4 is 11.1 Å². The molecule has 0 aromatic rings. The topological polar surface area (TPSA) is 98.5 Å². The Bertz CT molecular complexity index is 313. The average molecular weight is 252 g/mol. The molecule has 2 atom stereocenters. The van der Waals surface area contributed by atoms with Crippen molar-refractivity contribution in [3.8, 4) is 0 Å². The molecule has 7 heteroatoms. The van der Waals surface area contributed by atoms with Gasteiger partial charge in [-0.2, -0.15) is 0 Å². The lowest BCUT2D eigenvalue weighted by atomic mass is 10.3. The monoisotopic (exact) mass is 252 g/mol. The fourth-order valence-corrected chi connectivity index (χ4v) is 2.67. The summed E-state index contributed by atoms with van der Waals surface area (Å²) in [6.45, 7) is 3.67. The van der Waals surface area contributed by atoms with Crippen LogP contribution in [0, 0.1) is 0 Å². The highest BCUT2D eigenvalue weighted by atomic mass is 32.2. The predicted octanol–water partition coefficient (Wildman–Crippen LogP) is -1.10. The van der Waals surface area contributed by atoms with Crippen LogP contribution in [0.3, 0.4) is 0 Å². The molecular weight excluding hydrogens is 232 g/mol. The van der Waals surface area contributed by atoms with Crippen molar-refractivity contribution in [1.82, 2.24) is 5.32 Å². The first-order chi connectivity index (χ1) is 7.26. The highest BCUT2D eigenvalue weighted by Gasteiger charge is 2.19. The SMILES string of the molecule is COCC(C)NC(=O)CS(=O)(=O)CC(C)N. The van der Waals surface area contributed by atoms with E-state index in [0.717, 1.165) is 0 Å². The van der Waals surface area contributed by atoms with Crippen molar-refractivity contribution in [2.75, 3.05) is 25.2 Å². The van der Waals surface area contributed by atoms with Crippen LogP contribution in [0.1, 0.15) is 13.8 Å². The summed E-state index contributed by atoms with van der Waals surface area (Å²) in [6.07, 6.45) is 0. The maximum Gasteiger partial charge on any atom is 0.235 e. The van der Waals surface area contributed by atoms with E-state index >= 15 is 0 Å².